The van der Waals surface area contributed by atoms with Gasteiger partial charge in [0.15, 0.2) is 9.84 Å². The molecule has 1 unspecified atom stereocenters. The van der Waals surface area contributed by atoms with Crippen molar-refractivity contribution in [3.05, 3.63) is 64.7 Å². The van der Waals surface area contributed by atoms with E-state index in [1.165, 1.54) is 29.2 Å². The lowest BCUT2D eigenvalue weighted by Gasteiger charge is -2.34. The van der Waals surface area contributed by atoms with Crippen LogP contribution in [0, 0.1) is 11.6 Å². The Labute approximate surface area is 207 Å². The fraction of sp³-hybridized carbons (Fsp3) is 0.391. The fourth-order valence-corrected chi connectivity index (χ4v) is 5.62. The van der Waals surface area contributed by atoms with E-state index in [1.54, 1.807) is 4.90 Å². The van der Waals surface area contributed by atoms with Gasteiger partial charge in [0.05, 0.1) is 16.8 Å². The van der Waals surface area contributed by atoms with Crippen molar-refractivity contribution < 1.29 is 31.5 Å². The van der Waals surface area contributed by atoms with E-state index < -0.39 is 32.8 Å². The molecule has 0 aromatic heterocycles. The highest BCUT2D eigenvalue weighted by molar-refractivity contribution is 7.91. The number of hydrogen-bond donors (Lipinski definition) is 1. The summed E-state index contributed by atoms with van der Waals surface area (Å²) in [6.07, 6.45) is -0.974. The number of ether oxygens (including phenoxy) is 1. The molecule has 2 aromatic rings. The monoisotopic (exact) mass is 529 g/mol. The molecular formula is C23H26ClF2N3O5S. The molecule has 0 bridgehead atoms. The number of halogens is 3. The number of carbonyl (C=O) groups is 2. The average Bonchev–Trinajstić information content (AvgIpc) is 2.84. The van der Waals surface area contributed by atoms with Crippen LogP contribution in [0.25, 0.3) is 0 Å². The van der Waals surface area contributed by atoms with Gasteiger partial charge in [0.25, 0.3) is 0 Å². The number of nitrogens with one attached hydrogen (secondary N) is 1. The molecular weight excluding hydrogens is 504 g/mol. The lowest BCUT2D eigenvalue weighted by Crippen LogP contribution is -2.53. The molecule has 35 heavy (non-hydrogen) atoms. The normalized spacial score (nSPS) is 15.0. The van der Waals surface area contributed by atoms with Crippen LogP contribution in [0.1, 0.15) is 24.2 Å². The van der Waals surface area contributed by atoms with Crippen LogP contribution in [0.2, 0.25) is 5.02 Å². The summed E-state index contributed by atoms with van der Waals surface area (Å²) in [4.78, 5) is 27.2. The van der Waals surface area contributed by atoms with Gasteiger partial charge >= 0.3 is 12.1 Å². The van der Waals surface area contributed by atoms with Crippen LogP contribution in [-0.2, 0) is 14.6 Å². The Morgan fingerprint density at radius 2 is 1.69 bits per heavy atom. The SMILES string of the molecule is CCNC(=O)N1CCN(C(=O)OCCC(c2cc(F)ccc2F)S(=O)(=O)c2ccc(Cl)cc2)CC1. The molecule has 0 radical (unpaired) electrons. The van der Waals surface area contributed by atoms with Gasteiger partial charge < -0.3 is 19.9 Å². The molecule has 1 fully saturated rings. The summed E-state index contributed by atoms with van der Waals surface area (Å²) in [6.45, 7) is 3.10. The van der Waals surface area contributed by atoms with E-state index in [0.717, 1.165) is 18.2 Å². The minimum Gasteiger partial charge on any atom is -0.449 e. The van der Waals surface area contributed by atoms with Crippen LogP contribution in [0.3, 0.4) is 0 Å². The third-order valence-corrected chi connectivity index (χ3v) is 8.00. The van der Waals surface area contributed by atoms with Gasteiger partial charge in [-0.05, 0) is 49.4 Å². The van der Waals surface area contributed by atoms with Crippen LogP contribution < -0.4 is 5.32 Å². The molecule has 1 atom stereocenters. The van der Waals surface area contributed by atoms with Gasteiger partial charge in [0.2, 0.25) is 0 Å². The van der Waals surface area contributed by atoms with Gasteiger partial charge in [-0.15, -0.1) is 0 Å². The minimum absolute atomic E-state index is 0.122. The summed E-state index contributed by atoms with van der Waals surface area (Å²) < 4.78 is 60.3. The van der Waals surface area contributed by atoms with Crippen LogP contribution in [0.15, 0.2) is 47.4 Å². The highest BCUT2D eigenvalue weighted by Crippen LogP contribution is 2.34. The number of urea groups is 1. The first-order chi connectivity index (χ1) is 16.6. The molecule has 1 N–H and O–H groups in total. The van der Waals surface area contributed by atoms with Crippen LogP contribution in [0.4, 0.5) is 18.4 Å². The lowest BCUT2D eigenvalue weighted by atomic mass is 10.1. The first kappa shape index (κ1) is 26.7. The Bertz CT molecular complexity index is 1160. The molecule has 3 amide bonds. The van der Waals surface area contributed by atoms with Gasteiger partial charge in [0, 0.05) is 49.7 Å². The molecule has 1 aliphatic rings. The highest BCUT2D eigenvalue weighted by atomic mass is 35.5. The van der Waals surface area contributed by atoms with Crippen molar-refractivity contribution in [1.82, 2.24) is 15.1 Å². The standard InChI is InChI=1S/C23H26ClF2N3O5S/c1-2-27-22(30)28-10-12-29(13-11-28)23(31)34-14-9-21(19-15-17(25)5-8-20(19)26)35(32,33)18-6-3-16(24)4-7-18/h3-8,15,21H,2,9-14H2,1H3,(H,27,30). The van der Waals surface area contributed by atoms with Crippen molar-refractivity contribution in [3.8, 4) is 0 Å². The zero-order valence-corrected chi connectivity index (χ0v) is 20.6. The molecule has 0 aliphatic carbocycles. The number of carbonyl (C=O) groups excluding carboxylic acids is 2. The number of piperazine rings is 1. The second-order valence-electron chi connectivity index (χ2n) is 7.87. The smallest absolute Gasteiger partial charge is 0.409 e. The van der Waals surface area contributed by atoms with E-state index in [2.05, 4.69) is 5.32 Å². The Balaban J connectivity index is 1.70. The molecule has 1 saturated heterocycles. The van der Waals surface area contributed by atoms with Gasteiger partial charge in [-0.1, -0.05) is 11.6 Å². The first-order valence-corrected chi connectivity index (χ1v) is 12.9. The summed E-state index contributed by atoms with van der Waals surface area (Å²) in [6, 6.07) is 7.69. The van der Waals surface area contributed by atoms with Crippen LogP contribution >= 0.6 is 11.6 Å². The summed E-state index contributed by atoms with van der Waals surface area (Å²) >= 11 is 5.85. The third kappa shape index (κ3) is 6.61. The summed E-state index contributed by atoms with van der Waals surface area (Å²) in [7, 11) is -4.18. The number of amides is 3. The summed E-state index contributed by atoms with van der Waals surface area (Å²) in [5.41, 5.74) is -0.355. The molecule has 1 aliphatic heterocycles. The number of hydrogen-bond acceptors (Lipinski definition) is 5. The third-order valence-electron chi connectivity index (χ3n) is 5.58. The Morgan fingerprint density at radius 1 is 1.06 bits per heavy atom. The molecule has 1 heterocycles. The van der Waals surface area contributed by atoms with E-state index in [0.29, 0.717) is 24.7 Å². The van der Waals surface area contributed by atoms with Crippen molar-refractivity contribution in [2.24, 2.45) is 0 Å². The van der Waals surface area contributed by atoms with Crippen LogP contribution in [0.5, 0.6) is 0 Å². The molecule has 2 aromatic carbocycles. The number of benzene rings is 2. The van der Waals surface area contributed by atoms with Gasteiger partial charge in [0.1, 0.15) is 11.6 Å². The number of sulfone groups is 1. The van der Waals surface area contributed by atoms with E-state index in [9.17, 15) is 26.8 Å². The Morgan fingerprint density at radius 3 is 2.31 bits per heavy atom. The predicted molar refractivity (Wildman–Crippen MR) is 126 cm³/mol. The zero-order valence-electron chi connectivity index (χ0n) is 19.0. The van der Waals surface area contributed by atoms with Gasteiger partial charge in [-0.2, -0.15) is 0 Å². The molecule has 8 nitrogen and oxygen atoms in total. The molecule has 3 rings (SSSR count). The molecule has 12 heteroatoms. The van der Waals surface area contributed by atoms with Gasteiger partial charge in [-0.3, -0.25) is 0 Å². The van der Waals surface area contributed by atoms with Crippen molar-refractivity contribution >= 4 is 33.6 Å². The maximum absolute atomic E-state index is 14.6. The van der Waals surface area contributed by atoms with Gasteiger partial charge in [-0.25, -0.2) is 26.8 Å². The molecule has 190 valence electrons. The first-order valence-electron chi connectivity index (χ1n) is 11.0. The fourth-order valence-electron chi connectivity index (χ4n) is 3.73. The van der Waals surface area contributed by atoms with Crippen molar-refractivity contribution in [3.63, 3.8) is 0 Å². The maximum atomic E-state index is 14.6. The van der Waals surface area contributed by atoms with Crippen molar-refractivity contribution in [2.45, 2.75) is 23.5 Å². The minimum atomic E-state index is -4.18. The molecule has 0 saturated carbocycles. The summed E-state index contributed by atoms with van der Waals surface area (Å²) in [5.74, 6) is -1.68. The van der Waals surface area contributed by atoms with E-state index in [-0.39, 0.29) is 42.6 Å². The van der Waals surface area contributed by atoms with Crippen molar-refractivity contribution in [1.29, 1.82) is 0 Å². The Hall–Kier alpha value is -2.92. The summed E-state index contributed by atoms with van der Waals surface area (Å²) in [5, 5.41) is 1.51. The van der Waals surface area contributed by atoms with Crippen molar-refractivity contribution in [2.75, 3.05) is 39.3 Å². The largest absolute Gasteiger partial charge is 0.449 e. The number of rotatable bonds is 7. The second-order valence-corrected chi connectivity index (χ2v) is 10.4. The van der Waals surface area contributed by atoms with E-state index >= 15 is 0 Å². The predicted octanol–water partition coefficient (Wildman–Crippen LogP) is 4.01. The van der Waals surface area contributed by atoms with E-state index in [1.807, 2.05) is 6.92 Å². The second kappa shape index (κ2) is 11.7. The topological polar surface area (TPSA) is 96.0 Å². The number of nitrogens with zero attached hydrogens (tertiary/aromatic N) is 2. The molecule has 0 spiro atoms. The highest BCUT2D eigenvalue weighted by Gasteiger charge is 2.32. The zero-order chi connectivity index (χ0) is 25.6. The quantitative estimate of drug-likeness (QED) is 0.585. The van der Waals surface area contributed by atoms with E-state index in [4.69, 9.17) is 16.3 Å². The lowest BCUT2D eigenvalue weighted by molar-refractivity contribution is 0.0807. The average molecular weight is 530 g/mol. The van der Waals surface area contributed by atoms with Crippen LogP contribution in [-0.4, -0.2) is 69.7 Å². The maximum Gasteiger partial charge on any atom is 0.409 e. The Kier molecular flexibility index (Phi) is 8.90.